The first-order valence-corrected chi connectivity index (χ1v) is 13.7. The van der Waals surface area contributed by atoms with Gasteiger partial charge in [0.25, 0.3) is 11.5 Å². The van der Waals surface area contributed by atoms with Gasteiger partial charge < -0.3 is 14.5 Å². The molecule has 1 amide bonds. The fourth-order valence-electron chi connectivity index (χ4n) is 5.55. The molecule has 6 nitrogen and oxygen atoms in total. The van der Waals surface area contributed by atoms with Crippen molar-refractivity contribution < 1.29 is 9.53 Å². The first kappa shape index (κ1) is 26.2. The quantitative estimate of drug-likeness (QED) is 0.279. The van der Waals surface area contributed by atoms with Gasteiger partial charge in [0.05, 0.1) is 25.3 Å². The van der Waals surface area contributed by atoms with E-state index in [-0.39, 0.29) is 23.1 Å². The number of anilines is 2. The largest absolute Gasteiger partial charge is 0.378 e. The van der Waals surface area contributed by atoms with E-state index >= 15 is 0 Å². The topological polar surface area (TPSA) is 54.8 Å². The Labute approximate surface area is 242 Å². The standard InChI is InChI=1S/C32H25Cl2N3O3/c1-2-21-4-3-5-26(20-21)36-28-15-14-27(31(38)35-16-18-40-19-17-35)32(39)37(28)30(23-8-12-25(34)13-9-23)29(36)22-6-10-24(33)11-7-22/h1,3-15,20,29-30H,16-19H2/t29-,30+/m1/s1. The second-order valence-corrected chi connectivity index (χ2v) is 10.6. The highest BCUT2D eigenvalue weighted by atomic mass is 35.5. The smallest absolute Gasteiger partial charge is 0.265 e. The Kier molecular flexibility index (Phi) is 7.12. The molecule has 2 aliphatic rings. The van der Waals surface area contributed by atoms with Crippen molar-refractivity contribution >= 4 is 40.6 Å². The van der Waals surface area contributed by atoms with E-state index < -0.39 is 6.04 Å². The van der Waals surface area contributed by atoms with Crippen molar-refractivity contribution in [1.29, 1.82) is 0 Å². The number of carbonyl (C=O) groups excluding carboxylic acids is 1. The molecule has 0 spiro atoms. The number of nitrogens with zero attached hydrogens (tertiary/aromatic N) is 3. The Hall–Kier alpha value is -4.02. The van der Waals surface area contributed by atoms with Crippen LogP contribution in [0.4, 0.5) is 11.5 Å². The maximum absolute atomic E-state index is 14.3. The molecule has 0 bridgehead atoms. The monoisotopic (exact) mass is 569 g/mol. The molecule has 4 aromatic rings. The molecule has 0 N–H and O–H groups in total. The summed E-state index contributed by atoms with van der Waals surface area (Å²) >= 11 is 12.5. The molecule has 1 fully saturated rings. The summed E-state index contributed by atoms with van der Waals surface area (Å²) in [5, 5.41) is 1.20. The molecular weight excluding hydrogens is 545 g/mol. The van der Waals surface area contributed by atoms with Crippen LogP contribution in [0, 0.1) is 12.3 Å². The molecule has 2 aliphatic heterocycles. The van der Waals surface area contributed by atoms with Gasteiger partial charge in [-0.2, -0.15) is 0 Å². The number of pyridine rings is 1. The summed E-state index contributed by atoms with van der Waals surface area (Å²) in [6.07, 6.45) is 5.75. The lowest BCUT2D eigenvalue weighted by Crippen LogP contribution is -2.43. The highest BCUT2D eigenvalue weighted by Gasteiger charge is 2.43. The van der Waals surface area contributed by atoms with Gasteiger partial charge in [-0.3, -0.25) is 14.2 Å². The number of carbonyl (C=O) groups is 1. The number of amides is 1. The summed E-state index contributed by atoms with van der Waals surface area (Å²) in [7, 11) is 0. The molecular formula is C32H25Cl2N3O3. The summed E-state index contributed by atoms with van der Waals surface area (Å²) in [6.45, 7) is 1.78. The Morgan fingerprint density at radius 2 is 1.48 bits per heavy atom. The van der Waals surface area contributed by atoms with Crippen molar-refractivity contribution in [2.45, 2.75) is 12.1 Å². The maximum atomic E-state index is 14.3. The van der Waals surface area contributed by atoms with Gasteiger partial charge in [0.1, 0.15) is 11.4 Å². The van der Waals surface area contributed by atoms with Crippen LogP contribution in [-0.2, 0) is 4.74 Å². The molecule has 0 unspecified atom stereocenters. The number of benzene rings is 3. The van der Waals surface area contributed by atoms with E-state index in [1.807, 2.05) is 78.9 Å². The second-order valence-electron chi connectivity index (χ2n) is 9.74. The van der Waals surface area contributed by atoms with E-state index in [0.717, 1.165) is 22.4 Å². The first-order chi connectivity index (χ1) is 19.5. The van der Waals surface area contributed by atoms with Gasteiger partial charge >= 0.3 is 0 Å². The highest BCUT2D eigenvalue weighted by molar-refractivity contribution is 6.30. The predicted octanol–water partition coefficient (Wildman–Crippen LogP) is 6.09. The van der Waals surface area contributed by atoms with Crippen LogP contribution in [0.15, 0.2) is 89.7 Å². The van der Waals surface area contributed by atoms with Crippen LogP contribution in [0.5, 0.6) is 0 Å². The zero-order valence-corrected chi connectivity index (χ0v) is 23.0. The molecule has 0 radical (unpaired) electrons. The third-order valence-corrected chi connectivity index (χ3v) is 7.94. The van der Waals surface area contributed by atoms with Crippen LogP contribution >= 0.6 is 23.2 Å². The summed E-state index contributed by atoms with van der Waals surface area (Å²) in [4.78, 5) is 31.6. The number of aromatic nitrogens is 1. The maximum Gasteiger partial charge on any atom is 0.265 e. The van der Waals surface area contributed by atoms with Gasteiger partial charge in [0.2, 0.25) is 0 Å². The number of morpholine rings is 1. The van der Waals surface area contributed by atoms with E-state index in [0.29, 0.717) is 42.2 Å². The Bertz CT molecular complexity index is 1670. The number of halogens is 2. The lowest BCUT2D eigenvalue weighted by atomic mass is 9.93. The van der Waals surface area contributed by atoms with E-state index in [1.54, 1.807) is 15.5 Å². The highest BCUT2D eigenvalue weighted by Crippen LogP contribution is 2.50. The van der Waals surface area contributed by atoms with Crippen LogP contribution in [0.3, 0.4) is 0 Å². The number of hydrogen-bond acceptors (Lipinski definition) is 4. The SMILES string of the molecule is C#Cc1cccc(N2c3ccc(C(=O)N4CCOCC4)c(=O)n3[C@@H](c3ccc(Cl)cc3)[C@H]2c2ccc(Cl)cc2)c1. The van der Waals surface area contributed by atoms with Crippen molar-refractivity contribution in [3.05, 3.63) is 128 Å². The third kappa shape index (κ3) is 4.67. The summed E-state index contributed by atoms with van der Waals surface area (Å²) < 4.78 is 7.13. The fourth-order valence-corrected chi connectivity index (χ4v) is 5.81. The second kappa shape index (κ2) is 10.9. The Morgan fingerprint density at radius 3 is 2.10 bits per heavy atom. The molecule has 0 aliphatic carbocycles. The van der Waals surface area contributed by atoms with Gasteiger partial charge in [0.15, 0.2) is 0 Å². The van der Waals surface area contributed by atoms with Crippen molar-refractivity contribution in [3.63, 3.8) is 0 Å². The minimum atomic E-state index is -0.479. The van der Waals surface area contributed by atoms with Gasteiger partial charge in [-0.15, -0.1) is 6.42 Å². The van der Waals surface area contributed by atoms with Gasteiger partial charge in [-0.1, -0.05) is 59.5 Å². The summed E-state index contributed by atoms with van der Waals surface area (Å²) in [5.74, 6) is 3.06. The molecule has 1 aromatic heterocycles. The molecule has 1 saturated heterocycles. The zero-order chi connectivity index (χ0) is 27.8. The van der Waals surface area contributed by atoms with Gasteiger partial charge in [-0.25, -0.2) is 0 Å². The average Bonchev–Trinajstić information content (AvgIpc) is 3.34. The van der Waals surface area contributed by atoms with Crippen molar-refractivity contribution in [2.75, 3.05) is 31.2 Å². The minimum Gasteiger partial charge on any atom is -0.378 e. The van der Waals surface area contributed by atoms with Crippen molar-refractivity contribution in [2.24, 2.45) is 0 Å². The van der Waals surface area contributed by atoms with Gasteiger partial charge in [0, 0.05) is 34.4 Å². The molecule has 8 heteroatoms. The number of ether oxygens (including phenoxy) is 1. The molecule has 0 saturated carbocycles. The molecule has 200 valence electrons. The minimum absolute atomic E-state index is 0.124. The van der Waals surface area contributed by atoms with Gasteiger partial charge in [-0.05, 0) is 65.7 Å². The Balaban J connectivity index is 1.60. The molecule has 3 aromatic carbocycles. The van der Waals surface area contributed by atoms with E-state index in [2.05, 4.69) is 10.8 Å². The number of fused-ring (bicyclic) bond motifs is 1. The lowest BCUT2D eigenvalue weighted by molar-refractivity contribution is 0.0301. The Morgan fingerprint density at radius 1 is 0.850 bits per heavy atom. The van der Waals surface area contributed by atoms with Crippen molar-refractivity contribution in [3.8, 4) is 12.3 Å². The molecule has 3 heterocycles. The average molecular weight is 570 g/mol. The zero-order valence-electron chi connectivity index (χ0n) is 21.5. The third-order valence-electron chi connectivity index (χ3n) is 7.44. The number of terminal acetylenes is 1. The molecule has 6 rings (SSSR count). The van der Waals surface area contributed by atoms with E-state index in [9.17, 15) is 9.59 Å². The predicted molar refractivity (Wildman–Crippen MR) is 158 cm³/mol. The molecule has 2 atom stereocenters. The van der Waals surface area contributed by atoms with Crippen LogP contribution in [0.2, 0.25) is 10.0 Å². The van der Waals surface area contributed by atoms with Crippen LogP contribution in [-0.4, -0.2) is 41.7 Å². The van der Waals surface area contributed by atoms with E-state index in [4.69, 9.17) is 34.4 Å². The summed E-state index contributed by atoms with van der Waals surface area (Å²) in [6, 6.07) is 25.4. The van der Waals surface area contributed by atoms with Crippen molar-refractivity contribution in [1.82, 2.24) is 9.47 Å². The van der Waals surface area contributed by atoms with Crippen LogP contribution < -0.4 is 10.5 Å². The van der Waals surface area contributed by atoms with Crippen LogP contribution in [0.1, 0.15) is 39.1 Å². The number of rotatable bonds is 4. The summed E-state index contributed by atoms with van der Waals surface area (Å²) in [5.41, 5.74) is 3.13. The normalized spacial score (nSPS) is 18.3. The van der Waals surface area contributed by atoms with Crippen LogP contribution in [0.25, 0.3) is 0 Å². The fraction of sp³-hybridized carbons (Fsp3) is 0.188. The molecule has 40 heavy (non-hydrogen) atoms. The lowest BCUT2D eigenvalue weighted by Gasteiger charge is -2.30. The van der Waals surface area contributed by atoms with E-state index in [1.165, 1.54) is 0 Å². The first-order valence-electron chi connectivity index (χ1n) is 13.0. The number of hydrogen-bond donors (Lipinski definition) is 0.